The van der Waals surface area contributed by atoms with Crippen LogP contribution in [-0.2, 0) is 17.6 Å². The summed E-state index contributed by atoms with van der Waals surface area (Å²) in [6, 6.07) is 8.12. The van der Waals surface area contributed by atoms with Crippen molar-refractivity contribution in [2.45, 2.75) is 32.8 Å². The number of nitrogens with zero attached hydrogens (tertiary/aromatic N) is 4. The fourth-order valence-corrected chi connectivity index (χ4v) is 2.75. The molecule has 0 spiro atoms. The minimum atomic E-state index is 0. The van der Waals surface area contributed by atoms with E-state index in [9.17, 15) is 0 Å². The molecule has 26 heavy (non-hydrogen) atoms. The second-order valence-electron chi connectivity index (χ2n) is 6.18. The molecule has 7 nitrogen and oxygen atoms in total. The lowest BCUT2D eigenvalue weighted by molar-refractivity contribution is 0.00530. The van der Waals surface area contributed by atoms with E-state index in [1.165, 1.54) is 5.56 Å². The predicted octanol–water partition coefficient (Wildman–Crippen LogP) is 2.49. The molecule has 1 aliphatic heterocycles. The van der Waals surface area contributed by atoms with Crippen molar-refractivity contribution in [2.75, 3.05) is 26.2 Å². The van der Waals surface area contributed by atoms with Gasteiger partial charge in [0.1, 0.15) is 0 Å². The first-order chi connectivity index (χ1) is 12.2. The number of aromatic nitrogens is 2. The van der Waals surface area contributed by atoms with E-state index in [2.05, 4.69) is 32.2 Å². The molecule has 0 saturated carbocycles. The Balaban J connectivity index is 0.00000243. The number of rotatable bonds is 5. The summed E-state index contributed by atoms with van der Waals surface area (Å²) in [5.41, 5.74) is 8.21. The lowest BCUT2D eigenvalue weighted by atomic mass is 10.1. The van der Waals surface area contributed by atoms with Gasteiger partial charge in [-0.2, -0.15) is 4.98 Å². The van der Waals surface area contributed by atoms with Crippen molar-refractivity contribution in [2.24, 2.45) is 10.7 Å². The highest BCUT2D eigenvalue weighted by atomic mass is 127. The fourth-order valence-electron chi connectivity index (χ4n) is 2.75. The van der Waals surface area contributed by atoms with Crippen LogP contribution in [0.1, 0.15) is 25.2 Å². The summed E-state index contributed by atoms with van der Waals surface area (Å²) in [6.45, 7) is 7.02. The Hall–Kier alpha value is -1.68. The Labute approximate surface area is 171 Å². The first-order valence-electron chi connectivity index (χ1n) is 8.74. The number of benzene rings is 1. The van der Waals surface area contributed by atoms with Crippen molar-refractivity contribution >= 4 is 29.9 Å². The molecule has 2 N–H and O–H groups in total. The quantitative estimate of drug-likeness (QED) is 0.410. The second-order valence-corrected chi connectivity index (χ2v) is 6.18. The lowest BCUT2D eigenvalue weighted by Gasteiger charge is -2.31. The molecule has 1 aliphatic rings. The van der Waals surface area contributed by atoms with Gasteiger partial charge in [-0.25, -0.2) is 0 Å². The highest BCUT2D eigenvalue weighted by molar-refractivity contribution is 14.0. The maximum atomic E-state index is 6.08. The molecule has 1 atom stereocenters. The number of aliphatic imine (C=N–C) groups is 1. The molecule has 0 radical (unpaired) electrons. The number of ether oxygens (including phenoxy) is 1. The van der Waals surface area contributed by atoms with Gasteiger partial charge in [0.05, 0.1) is 12.7 Å². The van der Waals surface area contributed by atoms with E-state index in [4.69, 9.17) is 15.0 Å². The average molecular weight is 471 g/mol. The van der Waals surface area contributed by atoms with E-state index in [1.807, 2.05) is 26.0 Å². The first-order valence-corrected chi connectivity index (χ1v) is 8.74. The second kappa shape index (κ2) is 9.86. The maximum Gasteiger partial charge on any atom is 0.257 e. The molecule has 8 heteroatoms. The third-order valence-electron chi connectivity index (χ3n) is 4.22. The average Bonchev–Trinajstić information content (AvgIpc) is 3.11. The summed E-state index contributed by atoms with van der Waals surface area (Å²) < 4.78 is 10.8. The molecule has 1 aromatic carbocycles. The zero-order valence-electron chi connectivity index (χ0n) is 15.2. The van der Waals surface area contributed by atoms with Crippen molar-refractivity contribution in [3.8, 4) is 11.5 Å². The molecule has 3 rings (SSSR count). The SMILES string of the molecule is CCc1noc(-c2ccc(CCN=C(N)N3CCOC(C)C3)cc2)n1.I. The number of guanidine groups is 1. The summed E-state index contributed by atoms with van der Waals surface area (Å²) in [5, 5.41) is 3.92. The molecule has 0 amide bonds. The highest BCUT2D eigenvalue weighted by Gasteiger charge is 2.17. The molecule has 2 heterocycles. The van der Waals surface area contributed by atoms with Crippen molar-refractivity contribution in [3.63, 3.8) is 0 Å². The summed E-state index contributed by atoms with van der Waals surface area (Å²) in [4.78, 5) is 10.9. The number of nitrogens with two attached hydrogens (primary N) is 1. The topological polar surface area (TPSA) is 89.8 Å². The number of hydrogen-bond donors (Lipinski definition) is 1. The van der Waals surface area contributed by atoms with Crippen LogP contribution < -0.4 is 5.73 Å². The number of halogens is 1. The van der Waals surface area contributed by atoms with Crippen LogP contribution in [0.15, 0.2) is 33.8 Å². The zero-order valence-corrected chi connectivity index (χ0v) is 17.6. The van der Waals surface area contributed by atoms with Gasteiger partial charge in [0.25, 0.3) is 5.89 Å². The third-order valence-corrected chi connectivity index (χ3v) is 4.22. The molecular formula is C18H26IN5O2. The van der Waals surface area contributed by atoms with Gasteiger partial charge in [-0.1, -0.05) is 24.2 Å². The summed E-state index contributed by atoms with van der Waals surface area (Å²) in [6.07, 6.45) is 1.81. The van der Waals surface area contributed by atoms with Gasteiger partial charge in [-0.3, -0.25) is 4.99 Å². The van der Waals surface area contributed by atoms with E-state index in [-0.39, 0.29) is 30.1 Å². The van der Waals surface area contributed by atoms with Gasteiger partial charge in [0.2, 0.25) is 0 Å². The van der Waals surface area contributed by atoms with Crippen molar-refractivity contribution in [1.29, 1.82) is 0 Å². The van der Waals surface area contributed by atoms with Crippen LogP contribution in [0.25, 0.3) is 11.5 Å². The molecule has 1 aromatic heterocycles. The molecule has 0 bridgehead atoms. The Kier molecular flexibility index (Phi) is 7.83. The Bertz CT molecular complexity index is 717. The van der Waals surface area contributed by atoms with Crippen LogP contribution in [0, 0.1) is 0 Å². The summed E-state index contributed by atoms with van der Waals surface area (Å²) in [7, 11) is 0. The van der Waals surface area contributed by atoms with Gasteiger partial charge >= 0.3 is 0 Å². The lowest BCUT2D eigenvalue weighted by Crippen LogP contribution is -2.47. The van der Waals surface area contributed by atoms with E-state index in [1.54, 1.807) is 0 Å². The monoisotopic (exact) mass is 471 g/mol. The molecule has 1 saturated heterocycles. The summed E-state index contributed by atoms with van der Waals surface area (Å²) in [5.74, 6) is 1.89. The molecular weight excluding hydrogens is 445 g/mol. The van der Waals surface area contributed by atoms with Gasteiger partial charge < -0.3 is 19.9 Å². The highest BCUT2D eigenvalue weighted by Crippen LogP contribution is 2.18. The Morgan fingerprint density at radius 2 is 2.12 bits per heavy atom. The van der Waals surface area contributed by atoms with Crippen LogP contribution in [-0.4, -0.2) is 53.3 Å². The zero-order chi connectivity index (χ0) is 17.6. The minimum absolute atomic E-state index is 0. The normalized spacial score (nSPS) is 17.8. The summed E-state index contributed by atoms with van der Waals surface area (Å²) >= 11 is 0. The molecule has 142 valence electrons. The van der Waals surface area contributed by atoms with E-state index < -0.39 is 0 Å². The van der Waals surface area contributed by atoms with Crippen molar-refractivity contribution in [3.05, 3.63) is 35.7 Å². The van der Waals surface area contributed by atoms with Crippen LogP contribution in [0.4, 0.5) is 0 Å². The van der Waals surface area contributed by atoms with Crippen molar-refractivity contribution in [1.82, 2.24) is 15.0 Å². The van der Waals surface area contributed by atoms with Gasteiger partial charge in [0.15, 0.2) is 11.8 Å². The van der Waals surface area contributed by atoms with Crippen LogP contribution in [0.2, 0.25) is 0 Å². The van der Waals surface area contributed by atoms with Gasteiger partial charge in [-0.05, 0) is 31.0 Å². The van der Waals surface area contributed by atoms with E-state index >= 15 is 0 Å². The number of morpholine rings is 1. The molecule has 2 aromatic rings. The van der Waals surface area contributed by atoms with E-state index in [0.717, 1.165) is 37.3 Å². The van der Waals surface area contributed by atoms with E-state index in [0.29, 0.717) is 25.0 Å². The standard InChI is InChI=1S/C18H25N5O2.HI/c1-3-16-21-17(25-22-16)15-6-4-14(5-7-15)8-9-20-18(19)23-10-11-24-13(2)12-23;/h4-7,13H,3,8-12H2,1-2H3,(H2,19,20);1H. The van der Waals surface area contributed by atoms with Crippen LogP contribution >= 0.6 is 24.0 Å². The minimum Gasteiger partial charge on any atom is -0.375 e. The van der Waals surface area contributed by atoms with Crippen molar-refractivity contribution < 1.29 is 9.26 Å². The Morgan fingerprint density at radius 3 is 2.77 bits per heavy atom. The van der Waals surface area contributed by atoms with Gasteiger partial charge in [-0.15, -0.1) is 24.0 Å². The van der Waals surface area contributed by atoms with Crippen LogP contribution in [0.5, 0.6) is 0 Å². The molecule has 1 fully saturated rings. The maximum absolute atomic E-state index is 6.08. The first kappa shape index (κ1) is 20.6. The third kappa shape index (κ3) is 5.41. The number of hydrogen-bond acceptors (Lipinski definition) is 5. The predicted molar refractivity (Wildman–Crippen MR) is 112 cm³/mol. The molecule has 1 unspecified atom stereocenters. The van der Waals surface area contributed by atoms with Gasteiger partial charge in [0, 0.05) is 31.6 Å². The molecule has 0 aliphatic carbocycles. The van der Waals surface area contributed by atoms with Crippen LogP contribution in [0.3, 0.4) is 0 Å². The Morgan fingerprint density at radius 1 is 1.35 bits per heavy atom. The fraction of sp³-hybridized carbons (Fsp3) is 0.500. The largest absolute Gasteiger partial charge is 0.375 e. The smallest absolute Gasteiger partial charge is 0.257 e. The number of aryl methyl sites for hydroxylation is 1.